The number of methoxy groups -OCH3 is 1. The average Bonchev–Trinajstić information content (AvgIpc) is 2.30. The molecule has 2 rings (SSSR count). The lowest BCUT2D eigenvalue weighted by Gasteiger charge is -2.26. The molecule has 0 fully saturated rings. The number of ether oxygens (including phenoxy) is 1. The molecule has 0 saturated heterocycles. The number of aryl methyl sites for hydroxylation is 1. The molecule has 0 aromatic heterocycles. The van der Waals surface area contributed by atoms with Gasteiger partial charge in [-0.15, -0.1) is 0 Å². The maximum absolute atomic E-state index is 13.2. The largest absolute Gasteiger partial charge is 0.383 e. The first-order valence-corrected chi connectivity index (χ1v) is 5.82. The highest BCUT2D eigenvalue weighted by Crippen LogP contribution is 2.29. The number of rotatable bonds is 4. The zero-order valence-electron chi connectivity index (χ0n) is 9.63. The second kappa shape index (κ2) is 5.41. The molecule has 0 heterocycles. The van der Waals surface area contributed by atoms with Crippen LogP contribution in [0, 0.1) is 5.82 Å². The van der Waals surface area contributed by atoms with Crippen LogP contribution in [0.4, 0.5) is 4.39 Å². The van der Waals surface area contributed by atoms with Gasteiger partial charge >= 0.3 is 0 Å². The Morgan fingerprint density at radius 1 is 1.50 bits per heavy atom. The molecule has 0 saturated carbocycles. The third-order valence-corrected chi connectivity index (χ3v) is 3.12. The summed E-state index contributed by atoms with van der Waals surface area (Å²) in [5, 5.41) is 3.41. The van der Waals surface area contributed by atoms with Crippen LogP contribution in [0.25, 0.3) is 0 Å². The van der Waals surface area contributed by atoms with E-state index in [0.717, 1.165) is 24.9 Å². The molecular weight excluding hydrogens is 205 g/mol. The van der Waals surface area contributed by atoms with Crippen molar-refractivity contribution in [1.82, 2.24) is 5.32 Å². The summed E-state index contributed by atoms with van der Waals surface area (Å²) in [6.07, 6.45) is 3.32. The highest BCUT2D eigenvalue weighted by atomic mass is 19.1. The van der Waals surface area contributed by atoms with E-state index in [4.69, 9.17) is 4.74 Å². The van der Waals surface area contributed by atoms with E-state index in [2.05, 4.69) is 5.32 Å². The van der Waals surface area contributed by atoms with Crippen LogP contribution in [0.5, 0.6) is 0 Å². The van der Waals surface area contributed by atoms with Crippen molar-refractivity contribution in [1.29, 1.82) is 0 Å². The molecule has 16 heavy (non-hydrogen) atoms. The van der Waals surface area contributed by atoms with Crippen LogP contribution in [0.3, 0.4) is 0 Å². The van der Waals surface area contributed by atoms with Crippen LogP contribution in [-0.4, -0.2) is 20.3 Å². The summed E-state index contributed by atoms with van der Waals surface area (Å²) < 4.78 is 18.2. The van der Waals surface area contributed by atoms with Crippen LogP contribution in [-0.2, 0) is 11.2 Å². The first-order chi connectivity index (χ1) is 7.81. The van der Waals surface area contributed by atoms with Gasteiger partial charge in [0.05, 0.1) is 6.61 Å². The highest BCUT2D eigenvalue weighted by molar-refractivity contribution is 5.32. The van der Waals surface area contributed by atoms with E-state index in [-0.39, 0.29) is 11.9 Å². The van der Waals surface area contributed by atoms with Crippen LogP contribution in [0.15, 0.2) is 18.2 Å². The lowest BCUT2D eigenvalue weighted by molar-refractivity contribution is 0.194. The smallest absolute Gasteiger partial charge is 0.123 e. The number of hydrogen-bond acceptors (Lipinski definition) is 2. The Kier molecular flexibility index (Phi) is 3.91. The third-order valence-electron chi connectivity index (χ3n) is 3.12. The number of halogens is 1. The predicted octanol–water partition coefficient (Wildman–Crippen LogP) is 2.44. The van der Waals surface area contributed by atoms with E-state index in [1.807, 2.05) is 6.07 Å². The Morgan fingerprint density at radius 2 is 2.38 bits per heavy atom. The highest BCUT2D eigenvalue weighted by Gasteiger charge is 2.19. The summed E-state index contributed by atoms with van der Waals surface area (Å²) in [5.41, 5.74) is 2.41. The first kappa shape index (κ1) is 11.6. The van der Waals surface area contributed by atoms with Gasteiger partial charge in [0.25, 0.3) is 0 Å². The molecule has 0 spiro atoms. The monoisotopic (exact) mass is 223 g/mol. The topological polar surface area (TPSA) is 21.3 Å². The van der Waals surface area contributed by atoms with E-state index in [1.54, 1.807) is 19.2 Å². The number of nitrogens with one attached hydrogen (secondary N) is 1. The van der Waals surface area contributed by atoms with Gasteiger partial charge in [0.1, 0.15) is 5.82 Å². The molecule has 1 aromatic rings. The zero-order chi connectivity index (χ0) is 11.4. The van der Waals surface area contributed by atoms with E-state index in [9.17, 15) is 4.39 Å². The molecule has 0 radical (unpaired) electrons. The van der Waals surface area contributed by atoms with Crippen molar-refractivity contribution in [2.45, 2.75) is 25.3 Å². The molecule has 1 atom stereocenters. The maximum atomic E-state index is 13.2. The maximum Gasteiger partial charge on any atom is 0.123 e. The summed E-state index contributed by atoms with van der Waals surface area (Å²) in [6, 6.07) is 5.42. The lowest BCUT2D eigenvalue weighted by Crippen LogP contribution is -2.28. The van der Waals surface area contributed by atoms with Crippen molar-refractivity contribution in [2.75, 3.05) is 20.3 Å². The molecule has 88 valence electrons. The Bertz CT molecular complexity index is 354. The zero-order valence-corrected chi connectivity index (χ0v) is 9.63. The molecule has 3 heteroatoms. The van der Waals surface area contributed by atoms with Gasteiger partial charge in [-0.1, -0.05) is 6.07 Å². The van der Waals surface area contributed by atoms with Gasteiger partial charge < -0.3 is 10.1 Å². The van der Waals surface area contributed by atoms with Gasteiger partial charge in [0, 0.05) is 19.7 Å². The first-order valence-electron chi connectivity index (χ1n) is 5.82. The summed E-state index contributed by atoms with van der Waals surface area (Å²) in [4.78, 5) is 0. The second-order valence-corrected chi connectivity index (χ2v) is 4.23. The quantitative estimate of drug-likeness (QED) is 0.792. The van der Waals surface area contributed by atoms with Crippen molar-refractivity contribution < 1.29 is 9.13 Å². The van der Waals surface area contributed by atoms with Crippen molar-refractivity contribution in [3.63, 3.8) is 0 Å². The van der Waals surface area contributed by atoms with Gasteiger partial charge in [-0.2, -0.15) is 0 Å². The van der Waals surface area contributed by atoms with Crippen LogP contribution >= 0.6 is 0 Å². The van der Waals surface area contributed by atoms with E-state index in [0.29, 0.717) is 6.61 Å². The minimum Gasteiger partial charge on any atom is -0.383 e. The standard InChI is InChI=1S/C13H18FNO/c1-16-8-7-15-13-4-2-3-10-5-6-11(14)9-12(10)13/h5-6,9,13,15H,2-4,7-8H2,1H3. The normalized spacial score (nSPS) is 19.5. The van der Waals surface area contributed by atoms with Gasteiger partial charge in [-0.05, 0) is 42.5 Å². The Balaban J connectivity index is 2.09. The second-order valence-electron chi connectivity index (χ2n) is 4.23. The van der Waals surface area contributed by atoms with Gasteiger partial charge in [-0.25, -0.2) is 4.39 Å². The molecule has 1 unspecified atom stereocenters. The van der Waals surface area contributed by atoms with Gasteiger partial charge in [0.2, 0.25) is 0 Å². The van der Waals surface area contributed by atoms with Crippen molar-refractivity contribution in [3.8, 4) is 0 Å². The fourth-order valence-electron chi connectivity index (χ4n) is 2.32. The van der Waals surface area contributed by atoms with E-state index < -0.39 is 0 Å². The summed E-state index contributed by atoms with van der Waals surface area (Å²) in [5.74, 6) is -0.140. The predicted molar refractivity (Wildman–Crippen MR) is 62.0 cm³/mol. The molecule has 1 aromatic carbocycles. The average molecular weight is 223 g/mol. The minimum atomic E-state index is -0.140. The summed E-state index contributed by atoms with van der Waals surface area (Å²) in [7, 11) is 1.69. The Labute approximate surface area is 95.8 Å². The SMILES string of the molecule is COCCNC1CCCc2ccc(F)cc21. The molecule has 0 amide bonds. The summed E-state index contributed by atoms with van der Waals surface area (Å²) >= 11 is 0. The molecule has 0 aliphatic heterocycles. The molecule has 1 aliphatic carbocycles. The number of fused-ring (bicyclic) bond motifs is 1. The number of hydrogen-bond donors (Lipinski definition) is 1. The lowest BCUT2D eigenvalue weighted by atomic mass is 9.87. The molecule has 1 aliphatic rings. The molecule has 0 bridgehead atoms. The Morgan fingerprint density at radius 3 is 3.19 bits per heavy atom. The molecule has 1 N–H and O–H groups in total. The molecular formula is C13H18FNO. The van der Waals surface area contributed by atoms with Gasteiger partial charge in [0.15, 0.2) is 0 Å². The summed E-state index contributed by atoms with van der Waals surface area (Å²) in [6.45, 7) is 1.51. The van der Waals surface area contributed by atoms with Crippen LogP contribution < -0.4 is 5.32 Å². The van der Waals surface area contributed by atoms with Crippen molar-refractivity contribution >= 4 is 0 Å². The fraction of sp³-hybridized carbons (Fsp3) is 0.538. The van der Waals surface area contributed by atoms with E-state index >= 15 is 0 Å². The van der Waals surface area contributed by atoms with Gasteiger partial charge in [-0.3, -0.25) is 0 Å². The number of benzene rings is 1. The minimum absolute atomic E-state index is 0.140. The fourth-order valence-corrected chi connectivity index (χ4v) is 2.32. The third kappa shape index (κ3) is 2.60. The van der Waals surface area contributed by atoms with E-state index in [1.165, 1.54) is 12.0 Å². The van der Waals surface area contributed by atoms with Crippen LogP contribution in [0.1, 0.15) is 30.0 Å². The molecule has 2 nitrogen and oxygen atoms in total. The van der Waals surface area contributed by atoms with Crippen LogP contribution in [0.2, 0.25) is 0 Å². The Hall–Kier alpha value is -0.930. The van der Waals surface area contributed by atoms with Crippen molar-refractivity contribution in [3.05, 3.63) is 35.1 Å². The van der Waals surface area contributed by atoms with Crippen molar-refractivity contribution in [2.24, 2.45) is 0 Å².